The molecule has 1 aliphatic carbocycles. The molecule has 0 spiro atoms. The molecule has 23 heavy (non-hydrogen) atoms. The number of hydrogen-bond acceptors (Lipinski definition) is 5. The number of nitrogens with one attached hydrogen (secondary N) is 2. The smallest absolute Gasteiger partial charge is 0.225 e. The fraction of sp³-hybridized carbons (Fsp3) is 0.412. The van der Waals surface area contributed by atoms with E-state index in [1.54, 1.807) is 0 Å². The summed E-state index contributed by atoms with van der Waals surface area (Å²) in [6, 6.07) is 10.2. The van der Waals surface area contributed by atoms with E-state index in [9.17, 15) is 5.11 Å². The van der Waals surface area contributed by atoms with Crippen LogP contribution >= 0.6 is 15.9 Å². The zero-order chi connectivity index (χ0) is 16.2. The lowest BCUT2D eigenvalue weighted by atomic mass is 10.2. The summed E-state index contributed by atoms with van der Waals surface area (Å²) in [6.07, 6.45) is 2.39. The Morgan fingerprint density at radius 2 is 2.00 bits per heavy atom. The molecule has 1 aromatic heterocycles. The van der Waals surface area contributed by atoms with Crippen molar-refractivity contribution >= 4 is 27.7 Å². The molecule has 1 saturated carbocycles. The van der Waals surface area contributed by atoms with E-state index in [1.807, 2.05) is 25.1 Å². The molecule has 122 valence electrons. The topological polar surface area (TPSA) is 70.1 Å². The summed E-state index contributed by atoms with van der Waals surface area (Å²) in [4.78, 5) is 9.08. The highest BCUT2D eigenvalue weighted by Gasteiger charge is 2.26. The number of aliphatic hydroxyl groups excluding tert-OH is 1. The van der Waals surface area contributed by atoms with Crippen molar-refractivity contribution in [1.29, 1.82) is 0 Å². The van der Waals surface area contributed by atoms with Gasteiger partial charge in [0.05, 0.1) is 12.3 Å². The van der Waals surface area contributed by atoms with Crippen molar-refractivity contribution in [3.8, 4) is 0 Å². The average Bonchev–Trinajstić information content (AvgIpc) is 3.39. The molecule has 1 atom stereocenters. The molecular formula is C17H21BrN4O. The highest BCUT2D eigenvalue weighted by atomic mass is 79.9. The SMILES string of the molecule is C[C@@H](CO)Nc1nc(NCc2ccc(Br)cc2)cc(C2CC2)n1. The van der Waals surface area contributed by atoms with Crippen LogP contribution in [0.5, 0.6) is 0 Å². The van der Waals surface area contributed by atoms with Crippen molar-refractivity contribution in [2.75, 3.05) is 17.2 Å². The monoisotopic (exact) mass is 376 g/mol. The van der Waals surface area contributed by atoms with Crippen molar-refractivity contribution < 1.29 is 5.11 Å². The molecule has 3 N–H and O–H groups in total. The second-order valence-corrected chi connectivity index (χ2v) is 6.90. The Morgan fingerprint density at radius 1 is 1.26 bits per heavy atom. The van der Waals surface area contributed by atoms with Gasteiger partial charge >= 0.3 is 0 Å². The molecule has 0 aliphatic heterocycles. The van der Waals surface area contributed by atoms with Crippen molar-refractivity contribution in [1.82, 2.24) is 9.97 Å². The summed E-state index contributed by atoms with van der Waals surface area (Å²) in [5, 5.41) is 15.7. The Morgan fingerprint density at radius 3 is 2.65 bits per heavy atom. The number of aliphatic hydroxyl groups is 1. The number of anilines is 2. The lowest BCUT2D eigenvalue weighted by Crippen LogP contribution is -2.21. The molecule has 1 aromatic carbocycles. The standard InChI is InChI=1S/C17H21BrN4O/c1-11(10-23)20-17-21-15(13-4-5-13)8-16(22-17)19-9-12-2-6-14(18)7-3-12/h2-3,6-8,11,13,23H,4-5,9-10H2,1H3,(H2,19,20,21,22)/t11-/m0/s1. The molecule has 0 saturated heterocycles. The third-order valence-electron chi connectivity index (χ3n) is 3.78. The highest BCUT2D eigenvalue weighted by molar-refractivity contribution is 9.10. The summed E-state index contributed by atoms with van der Waals surface area (Å²) in [7, 11) is 0. The number of halogens is 1. The molecule has 0 bridgehead atoms. The van der Waals surface area contributed by atoms with Gasteiger partial charge in [0.1, 0.15) is 5.82 Å². The molecule has 0 unspecified atom stereocenters. The first-order valence-corrected chi connectivity index (χ1v) is 8.68. The maximum Gasteiger partial charge on any atom is 0.225 e. The van der Waals surface area contributed by atoms with E-state index in [4.69, 9.17) is 0 Å². The van der Waals surface area contributed by atoms with E-state index in [-0.39, 0.29) is 12.6 Å². The number of hydrogen-bond donors (Lipinski definition) is 3. The van der Waals surface area contributed by atoms with Crippen LogP contribution in [0.25, 0.3) is 0 Å². The molecule has 3 rings (SSSR count). The van der Waals surface area contributed by atoms with E-state index in [0.29, 0.717) is 18.4 Å². The second kappa shape index (κ2) is 7.27. The Kier molecular flexibility index (Phi) is 5.13. The Hall–Kier alpha value is -1.66. The van der Waals surface area contributed by atoms with Gasteiger partial charge in [-0.1, -0.05) is 28.1 Å². The van der Waals surface area contributed by atoms with Crippen LogP contribution < -0.4 is 10.6 Å². The van der Waals surface area contributed by atoms with Gasteiger partial charge in [0.15, 0.2) is 0 Å². The van der Waals surface area contributed by atoms with E-state index in [2.05, 4.69) is 48.7 Å². The Balaban J connectivity index is 1.73. The van der Waals surface area contributed by atoms with Gasteiger partial charge in [0, 0.05) is 29.0 Å². The van der Waals surface area contributed by atoms with Gasteiger partial charge in [-0.3, -0.25) is 0 Å². The number of aromatic nitrogens is 2. The minimum absolute atomic E-state index is 0.0542. The number of benzene rings is 1. The van der Waals surface area contributed by atoms with Crippen molar-refractivity contribution in [3.63, 3.8) is 0 Å². The first kappa shape index (κ1) is 16.2. The van der Waals surface area contributed by atoms with Crippen LogP contribution in [0.1, 0.15) is 36.9 Å². The number of nitrogens with zero attached hydrogens (tertiary/aromatic N) is 2. The van der Waals surface area contributed by atoms with Gasteiger partial charge in [0.2, 0.25) is 5.95 Å². The molecule has 5 nitrogen and oxygen atoms in total. The van der Waals surface area contributed by atoms with Crippen molar-refractivity contribution in [3.05, 3.63) is 46.1 Å². The van der Waals surface area contributed by atoms with E-state index in [0.717, 1.165) is 16.0 Å². The molecule has 0 amide bonds. The van der Waals surface area contributed by atoms with Crippen molar-refractivity contribution in [2.45, 2.75) is 38.3 Å². The Bertz CT molecular complexity index is 658. The first-order chi connectivity index (χ1) is 11.1. The first-order valence-electron chi connectivity index (χ1n) is 7.88. The second-order valence-electron chi connectivity index (χ2n) is 5.98. The van der Waals surface area contributed by atoms with E-state index >= 15 is 0 Å². The Labute approximate surface area is 144 Å². The molecule has 2 aromatic rings. The molecule has 1 heterocycles. The maximum absolute atomic E-state index is 9.19. The predicted molar refractivity (Wildman–Crippen MR) is 95.6 cm³/mol. The highest BCUT2D eigenvalue weighted by Crippen LogP contribution is 2.39. The van der Waals surface area contributed by atoms with Crippen LogP contribution in [0.4, 0.5) is 11.8 Å². The summed E-state index contributed by atoms with van der Waals surface area (Å²) in [6.45, 7) is 2.67. The molecule has 0 radical (unpaired) electrons. The predicted octanol–water partition coefficient (Wildman–Crippen LogP) is 3.52. The van der Waals surface area contributed by atoms with Crippen molar-refractivity contribution in [2.24, 2.45) is 0 Å². The molecule has 1 fully saturated rings. The largest absolute Gasteiger partial charge is 0.394 e. The summed E-state index contributed by atoms with van der Waals surface area (Å²) < 4.78 is 1.07. The third kappa shape index (κ3) is 4.65. The molecule has 1 aliphatic rings. The lowest BCUT2D eigenvalue weighted by Gasteiger charge is -2.14. The maximum atomic E-state index is 9.19. The van der Waals surface area contributed by atoms with Gasteiger partial charge in [-0.05, 0) is 37.5 Å². The lowest BCUT2D eigenvalue weighted by molar-refractivity contribution is 0.281. The van der Waals surface area contributed by atoms with E-state index < -0.39 is 0 Å². The fourth-order valence-electron chi connectivity index (χ4n) is 2.27. The van der Waals surface area contributed by atoms with Gasteiger partial charge in [0.25, 0.3) is 0 Å². The summed E-state index contributed by atoms with van der Waals surface area (Å²) >= 11 is 3.44. The van der Waals surface area contributed by atoms with Crippen LogP contribution in [-0.2, 0) is 6.54 Å². The number of rotatable bonds is 7. The van der Waals surface area contributed by atoms with Crippen LogP contribution in [0.15, 0.2) is 34.8 Å². The minimum Gasteiger partial charge on any atom is -0.394 e. The van der Waals surface area contributed by atoms with Gasteiger partial charge in [-0.15, -0.1) is 0 Å². The summed E-state index contributed by atoms with van der Waals surface area (Å²) in [5.74, 6) is 1.95. The van der Waals surface area contributed by atoms with Gasteiger partial charge in [-0.2, -0.15) is 4.98 Å². The van der Waals surface area contributed by atoms with Gasteiger partial charge < -0.3 is 15.7 Å². The van der Waals surface area contributed by atoms with Crippen LogP contribution in [0.2, 0.25) is 0 Å². The molecule has 6 heteroatoms. The molecular weight excluding hydrogens is 356 g/mol. The van der Waals surface area contributed by atoms with Crippen LogP contribution in [0.3, 0.4) is 0 Å². The third-order valence-corrected chi connectivity index (χ3v) is 4.31. The fourth-order valence-corrected chi connectivity index (χ4v) is 2.53. The normalized spacial score (nSPS) is 15.3. The van der Waals surface area contributed by atoms with Crippen LogP contribution in [-0.4, -0.2) is 27.7 Å². The van der Waals surface area contributed by atoms with E-state index in [1.165, 1.54) is 18.4 Å². The summed E-state index contributed by atoms with van der Waals surface area (Å²) in [5.41, 5.74) is 2.27. The zero-order valence-electron chi connectivity index (χ0n) is 13.1. The van der Waals surface area contributed by atoms with Crippen LogP contribution in [0, 0.1) is 0 Å². The zero-order valence-corrected chi connectivity index (χ0v) is 14.7. The minimum atomic E-state index is -0.0659. The quantitative estimate of drug-likeness (QED) is 0.689. The van der Waals surface area contributed by atoms with Gasteiger partial charge in [-0.25, -0.2) is 4.98 Å². The average molecular weight is 377 g/mol.